The Balaban J connectivity index is 1.38. The van der Waals surface area contributed by atoms with Crippen LogP contribution in [0.15, 0.2) is 36.4 Å². The quantitative estimate of drug-likeness (QED) is 0.417. The molecule has 0 spiro atoms. The lowest BCUT2D eigenvalue weighted by Gasteiger charge is -2.10. The van der Waals surface area contributed by atoms with Crippen molar-refractivity contribution in [2.75, 3.05) is 11.5 Å². The summed E-state index contributed by atoms with van der Waals surface area (Å²) in [6, 6.07) is 11.0. The van der Waals surface area contributed by atoms with E-state index in [0.717, 1.165) is 40.3 Å². The summed E-state index contributed by atoms with van der Waals surface area (Å²) in [6.45, 7) is 0.334. The number of nitrogens with one attached hydrogen (secondary N) is 2. The molecule has 150 valence electrons. The second-order valence-electron chi connectivity index (χ2n) is 7.52. The molecule has 4 aromatic rings. The van der Waals surface area contributed by atoms with Crippen LogP contribution in [0.5, 0.6) is 0 Å². The topological polar surface area (TPSA) is 140 Å². The van der Waals surface area contributed by atoms with E-state index >= 15 is 0 Å². The molecule has 0 unspecified atom stereocenters. The minimum Gasteiger partial charge on any atom is -0.383 e. The standard InChI is InChI=1S/C22H20N6O2/c23-20-14-6-4-11(8-17(14)27-22(24)28-20)10-25-21(30)12-5-7-16-15(9-12)13-2-1-3-18(29)19(13)26-16/h4-9,26H,1-3,10H2,(H,25,30)(H4,23,24,27,28). The number of carbonyl (C=O) groups is 2. The molecule has 0 saturated carbocycles. The molecular weight excluding hydrogens is 380 g/mol. The van der Waals surface area contributed by atoms with Crippen LogP contribution in [-0.4, -0.2) is 26.6 Å². The summed E-state index contributed by atoms with van der Waals surface area (Å²) in [6.07, 6.45) is 2.26. The average Bonchev–Trinajstić information content (AvgIpc) is 3.11. The van der Waals surface area contributed by atoms with Gasteiger partial charge in [0, 0.05) is 34.8 Å². The Bertz CT molecular complexity index is 1340. The second kappa shape index (κ2) is 6.84. The summed E-state index contributed by atoms with van der Waals surface area (Å²) >= 11 is 0. The molecule has 5 rings (SSSR count). The molecule has 0 radical (unpaired) electrons. The molecule has 6 N–H and O–H groups in total. The van der Waals surface area contributed by atoms with Crippen molar-refractivity contribution in [1.29, 1.82) is 0 Å². The normalized spacial score (nSPS) is 13.5. The van der Waals surface area contributed by atoms with Crippen LogP contribution in [0.3, 0.4) is 0 Å². The number of Topliss-reactive ketones (excluding diaryl/α,β-unsaturated/α-hetero) is 1. The molecule has 0 saturated heterocycles. The average molecular weight is 400 g/mol. The maximum absolute atomic E-state index is 12.7. The van der Waals surface area contributed by atoms with E-state index in [1.807, 2.05) is 30.3 Å². The van der Waals surface area contributed by atoms with Crippen molar-refractivity contribution in [2.45, 2.75) is 25.8 Å². The van der Waals surface area contributed by atoms with Crippen molar-refractivity contribution in [3.05, 3.63) is 58.8 Å². The summed E-state index contributed by atoms with van der Waals surface area (Å²) in [5, 5.41) is 4.60. The van der Waals surface area contributed by atoms with Gasteiger partial charge in [0.15, 0.2) is 5.78 Å². The fourth-order valence-corrected chi connectivity index (χ4v) is 4.05. The zero-order valence-corrected chi connectivity index (χ0v) is 16.2. The number of amides is 1. The number of fused-ring (bicyclic) bond motifs is 4. The van der Waals surface area contributed by atoms with Crippen LogP contribution in [0.4, 0.5) is 11.8 Å². The number of hydrogen-bond donors (Lipinski definition) is 4. The smallest absolute Gasteiger partial charge is 0.251 e. The first-order valence-corrected chi connectivity index (χ1v) is 9.77. The molecule has 30 heavy (non-hydrogen) atoms. The Morgan fingerprint density at radius 2 is 1.93 bits per heavy atom. The maximum atomic E-state index is 12.7. The van der Waals surface area contributed by atoms with Gasteiger partial charge in [0.1, 0.15) is 5.82 Å². The number of aryl methyl sites for hydroxylation is 1. The first-order chi connectivity index (χ1) is 14.5. The molecule has 2 aromatic heterocycles. The first kappa shape index (κ1) is 18.1. The third-order valence-electron chi connectivity index (χ3n) is 5.54. The van der Waals surface area contributed by atoms with Gasteiger partial charge in [0.2, 0.25) is 5.95 Å². The van der Waals surface area contributed by atoms with Crippen molar-refractivity contribution in [3.63, 3.8) is 0 Å². The number of H-pyrrole nitrogens is 1. The monoisotopic (exact) mass is 400 g/mol. The zero-order valence-electron chi connectivity index (χ0n) is 16.2. The predicted octanol–water partition coefficient (Wildman–Crippen LogP) is 2.72. The molecule has 1 amide bonds. The molecular formula is C22H20N6O2. The minimum atomic E-state index is -0.184. The van der Waals surface area contributed by atoms with Gasteiger partial charge in [-0.2, -0.15) is 4.98 Å². The molecule has 1 aliphatic rings. The molecule has 8 nitrogen and oxygen atoms in total. The summed E-state index contributed by atoms with van der Waals surface area (Å²) in [5.41, 5.74) is 16.2. The van der Waals surface area contributed by atoms with Crippen LogP contribution >= 0.6 is 0 Å². The van der Waals surface area contributed by atoms with Crippen LogP contribution in [-0.2, 0) is 13.0 Å². The Morgan fingerprint density at radius 3 is 2.80 bits per heavy atom. The van der Waals surface area contributed by atoms with E-state index in [2.05, 4.69) is 20.3 Å². The highest BCUT2D eigenvalue weighted by atomic mass is 16.1. The second-order valence-corrected chi connectivity index (χ2v) is 7.52. The number of nitrogens with two attached hydrogens (primary N) is 2. The zero-order chi connectivity index (χ0) is 20.8. The van der Waals surface area contributed by atoms with Crippen molar-refractivity contribution < 1.29 is 9.59 Å². The number of aromatic amines is 1. The lowest BCUT2D eigenvalue weighted by molar-refractivity contribution is 0.0948. The highest BCUT2D eigenvalue weighted by Crippen LogP contribution is 2.29. The largest absolute Gasteiger partial charge is 0.383 e. The predicted molar refractivity (Wildman–Crippen MR) is 115 cm³/mol. The number of hydrogen-bond acceptors (Lipinski definition) is 6. The van der Waals surface area contributed by atoms with Gasteiger partial charge in [-0.25, -0.2) is 4.98 Å². The van der Waals surface area contributed by atoms with Crippen LogP contribution < -0.4 is 16.8 Å². The summed E-state index contributed by atoms with van der Waals surface area (Å²) in [4.78, 5) is 36.2. The first-order valence-electron chi connectivity index (χ1n) is 9.77. The molecule has 8 heteroatoms. The van der Waals surface area contributed by atoms with Crippen molar-refractivity contribution in [1.82, 2.24) is 20.3 Å². The van der Waals surface area contributed by atoms with E-state index in [0.29, 0.717) is 35.6 Å². The van der Waals surface area contributed by atoms with Gasteiger partial charge in [-0.3, -0.25) is 9.59 Å². The van der Waals surface area contributed by atoms with E-state index in [-0.39, 0.29) is 17.6 Å². The summed E-state index contributed by atoms with van der Waals surface area (Å²) in [7, 11) is 0. The molecule has 2 aromatic carbocycles. The van der Waals surface area contributed by atoms with E-state index in [1.54, 1.807) is 6.07 Å². The van der Waals surface area contributed by atoms with Gasteiger partial charge in [-0.15, -0.1) is 0 Å². The number of carbonyl (C=O) groups excluding carboxylic acids is 2. The minimum absolute atomic E-state index is 0.114. The van der Waals surface area contributed by atoms with Gasteiger partial charge in [0.25, 0.3) is 5.91 Å². The molecule has 0 bridgehead atoms. The van der Waals surface area contributed by atoms with E-state index in [4.69, 9.17) is 11.5 Å². The van der Waals surface area contributed by atoms with Gasteiger partial charge in [-0.1, -0.05) is 6.07 Å². The van der Waals surface area contributed by atoms with E-state index in [9.17, 15) is 9.59 Å². The Morgan fingerprint density at radius 1 is 1.07 bits per heavy atom. The molecule has 0 aliphatic heterocycles. The van der Waals surface area contributed by atoms with E-state index in [1.165, 1.54) is 0 Å². The Hall–Kier alpha value is -3.94. The fraction of sp³-hybridized carbons (Fsp3) is 0.182. The number of benzene rings is 2. The van der Waals surface area contributed by atoms with Crippen molar-refractivity contribution in [2.24, 2.45) is 0 Å². The number of ketones is 1. The fourth-order valence-electron chi connectivity index (χ4n) is 4.05. The molecule has 0 atom stereocenters. The lowest BCUT2D eigenvalue weighted by atomic mass is 9.94. The SMILES string of the molecule is Nc1nc(N)c2ccc(CNC(=O)c3ccc4[nH]c5c(c4c3)CCCC5=O)cc2n1. The Labute approximate surface area is 171 Å². The van der Waals surface area contributed by atoms with Crippen molar-refractivity contribution >= 4 is 45.3 Å². The van der Waals surface area contributed by atoms with Crippen LogP contribution in [0, 0.1) is 0 Å². The number of anilines is 2. The summed E-state index contributed by atoms with van der Waals surface area (Å²) < 4.78 is 0. The van der Waals surface area contributed by atoms with Gasteiger partial charge in [-0.05, 0) is 54.3 Å². The van der Waals surface area contributed by atoms with Gasteiger partial charge >= 0.3 is 0 Å². The van der Waals surface area contributed by atoms with Crippen LogP contribution in [0.2, 0.25) is 0 Å². The van der Waals surface area contributed by atoms with Crippen LogP contribution in [0.1, 0.15) is 44.8 Å². The van der Waals surface area contributed by atoms with Gasteiger partial charge in [0.05, 0.1) is 11.2 Å². The summed E-state index contributed by atoms with van der Waals surface area (Å²) in [5.74, 6) is 0.396. The lowest BCUT2D eigenvalue weighted by Crippen LogP contribution is -2.22. The maximum Gasteiger partial charge on any atom is 0.251 e. The highest BCUT2D eigenvalue weighted by molar-refractivity contribution is 6.05. The third-order valence-corrected chi connectivity index (χ3v) is 5.54. The number of aromatic nitrogens is 3. The van der Waals surface area contributed by atoms with Gasteiger partial charge < -0.3 is 21.8 Å². The van der Waals surface area contributed by atoms with Crippen molar-refractivity contribution in [3.8, 4) is 0 Å². The van der Waals surface area contributed by atoms with E-state index < -0.39 is 0 Å². The molecule has 0 fully saturated rings. The number of nitrogen functional groups attached to an aromatic ring is 2. The molecule has 2 heterocycles. The third kappa shape index (κ3) is 3.02. The number of rotatable bonds is 3. The Kier molecular flexibility index (Phi) is 4.13. The number of nitrogens with zero attached hydrogens (tertiary/aromatic N) is 2. The van der Waals surface area contributed by atoms with Crippen LogP contribution in [0.25, 0.3) is 21.8 Å². The highest BCUT2D eigenvalue weighted by Gasteiger charge is 2.22. The molecule has 1 aliphatic carbocycles.